The molecule has 2 N–H and O–H groups in total. The number of esters is 1. The van der Waals surface area contributed by atoms with Crippen LogP contribution in [0, 0.1) is 0 Å². The fraction of sp³-hybridized carbons (Fsp3) is 0.273. The van der Waals surface area contributed by atoms with E-state index in [1.807, 2.05) is 0 Å². The van der Waals surface area contributed by atoms with Gasteiger partial charge in [0.2, 0.25) is 0 Å². The van der Waals surface area contributed by atoms with E-state index in [-0.39, 0.29) is 18.0 Å². The zero-order chi connectivity index (χ0) is 13.8. The molecule has 0 unspecified atom stereocenters. The number of nitrogens with zero attached hydrogens (tertiary/aromatic N) is 1. The van der Waals surface area contributed by atoms with E-state index in [4.69, 9.17) is 5.73 Å². The van der Waals surface area contributed by atoms with Gasteiger partial charge in [-0.05, 0) is 19.1 Å². The molecule has 0 radical (unpaired) electrons. The van der Waals surface area contributed by atoms with Gasteiger partial charge in [0.25, 0.3) is 0 Å². The number of hydrogen-bond donors (Lipinski definition) is 1. The van der Waals surface area contributed by atoms with Crippen molar-refractivity contribution < 1.29 is 22.7 Å². The fourth-order valence-corrected chi connectivity index (χ4v) is 1.14. The summed E-state index contributed by atoms with van der Waals surface area (Å²) < 4.78 is 41.8. The molecule has 0 spiro atoms. The van der Waals surface area contributed by atoms with Crippen molar-refractivity contribution in [3.05, 3.63) is 35.7 Å². The Kier molecular flexibility index (Phi) is 4.30. The monoisotopic (exact) mass is 260 g/mol. The Morgan fingerprint density at radius 2 is 2.17 bits per heavy atom. The molecule has 0 saturated heterocycles. The van der Waals surface area contributed by atoms with E-state index in [1.54, 1.807) is 6.92 Å². The lowest BCUT2D eigenvalue weighted by Crippen LogP contribution is -2.11. The van der Waals surface area contributed by atoms with Gasteiger partial charge in [-0.15, -0.1) is 0 Å². The van der Waals surface area contributed by atoms with E-state index >= 15 is 0 Å². The third-order valence-corrected chi connectivity index (χ3v) is 1.90. The van der Waals surface area contributed by atoms with Crippen molar-refractivity contribution in [3.8, 4) is 0 Å². The molecule has 0 aromatic carbocycles. The predicted molar refractivity (Wildman–Crippen MR) is 58.0 cm³/mol. The van der Waals surface area contributed by atoms with E-state index in [9.17, 15) is 18.0 Å². The van der Waals surface area contributed by atoms with Crippen LogP contribution in [0.15, 0.2) is 24.3 Å². The molecule has 0 amide bonds. The minimum Gasteiger partial charge on any atom is -0.463 e. The topological polar surface area (TPSA) is 65.2 Å². The van der Waals surface area contributed by atoms with Crippen molar-refractivity contribution in [3.63, 3.8) is 0 Å². The van der Waals surface area contributed by atoms with Crippen LogP contribution in [0.25, 0.3) is 5.70 Å². The number of aromatic nitrogens is 1. The number of rotatable bonds is 3. The zero-order valence-corrected chi connectivity index (χ0v) is 9.49. The van der Waals surface area contributed by atoms with Crippen molar-refractivity contribution in [1.29, 1.82) is 0 Å². The number of pyridine rings is 1. The van der Waals surface area contributed by atoms with Crippen LogP contribution >= 0.6 is 0 Å². The van der Waals surface area contributed by atoms with Crippen LogP contribution in [-0.4, -0.2) is 17.6 Å². The molecule has 1 aromatic heterocycles. The predicted octanol–water partition coefficient (Wildman–Crippen LogP) is 1.96. The lowest BCUT2D eigenvalue weighted by Gasteiger charge is -2.07. The fourth-order valence-electron chi connectivity index (χ4n) is 1.14. The van der Waals surface area contributed by atoms with Gasteiger partial charge >= 0.3 is 12.1 Å². The Balaban J connectivity index is 3.00. The number of carbonyl (C=O) groups is 1. The van der Waals surface area contributed by atoms with E-state index < -0.39 is 17.8 Å². The number of ether oxygens (including phenoxy) is 1. The van der Waals surface area contributed by atoms with E-state index in [1.165, 1.54) is 6.07 Å². The molecule has 18 heavy (non-hydrogen) atoms. The summed E-state index contributed by atoms with van der Waals surface area (Å²) in [5.74, 6) is -0.728. The third kappa shape index (κ3) is 3.76. The number of hydrogen-bond acceptors (Lipinski definition) is 4. The maximum Gasteiger partial charge on any atom is 0.433 e. The average molecular weight is 260 g/mol. The smallest absolute Gasteiger partial charge is 0.433 e. The van der Waals surface area contributed by atoms with Crippen molar-refractivity contribution in [1.82, 2.24) is 4.98 Å². The van der Waals surface area contributed by atoms with Gasteiger partial charge in [-0.1, -0.05) is 6.07 Å². The first-order valence-electron chi connectivity index (χ1n) is 5.03. The first-order chi connectivity index (χ1) is 8.34. The molecule has 0 aliphatic carbocycles. The largest absolute Gasteiger partial charge is 0.463 e. The highest BCUT2D eigenvalue weighted by molar-refractivity contribution is 5.90. The molecule has 4 nitrogen and oxygen atoms in total. The summed E-state index contributed by atoms with van der Waals surface area (Å²) in [4.78, 5) is 14.4. The van der Waals surface area contributed by atoms with Crippen LogP contribution in [0.2, 0.25) is 0 Å². The standard InChI is InChI=1S/C11H11F3N2O2/c1-2-18-10(17)6-7(15)8-4-3-5-9(16-8)11(12,13)14/h3-6H,2,15H2,1H3/b7-6-. The first-order valence-corrected chi connectivity index (χ1v) is 5.03. The van der Waals surface area contributed by atoms with E-state index in [2.05, 4.69) is 9.72 Å². The highest BCUT2D eigenvalue weighted by Crippen LogP contribution is 2.27. The highest BCUT2D eigenvalue weighted by Gasteiger charge is 2.32. The van der Waals surface area contributed by atoms with Gasteiger partial charge in [0, 0.05) is 6.08 Å². The maximum atomic E-state index is 12.4. The Hall–Kier alpha value is -2.05. The van der Waals surface area contributed by atoms with Crippen LogP contribution in [-0.2, 0) is 15.7 Å². The van der Waals surface area contributed by atoms with Gasteiger partial charge in [0.15, 0.2) is 0 Å². The molecule has 0 atom stereocenters. The quantitative estimate of drug-likeness (QED) is 0.666. The minimum atomic E-state index is -4.56. The van der Waals surface area contributed by atoms with Crippen LogP contribution < -0.4 is 5.73 Å². The van der Waals surface area contributed by atoms with Gasteiger partial charge in [-0.3, -0.25) is 0 Å². The maximum absolute atomic E-state index is 12.4. The molecule has 0 bridgehead atoms. The second kappa shape index (κ2) is 5.52. The SMILES string of the molecule is CCOC(=O)/C=C(\N)c1cccc(C(F)(F)F)n1. The Morgan fingerprint density at radius 3 is 2.72 bits per heavy atom. The summed E-state index contributed by atoms with van der Waals surface area (Å²) in [5, 5.41) is 0. The van der Waals surface area contributed by atoms with Gasteiger partial charge in [0.05, 0.1) is 18.0 Å². The average Bonchev–Trinajstić information content (AvgIpc) is 2.28. The molecule has 1 heterocycles. The van der Waals surface area contributed by atoms with Gasteiger partial charge < -0.3 is 10.5 Å². The zero-order valence-electron chi connectivity index (χ0n) is 9.49. The Bertz CT molecular complexity index is 470. The Morgan fingerprint density at radius 1 is 1.50 bits per heavy atom. The number of carbonyl (C=O) groups excluding carboxylic acids is 1. The second-order valence-electron chi connectivity index (χ2n) is 3.26. The van der Waals surface area contributed by atoms with Gasteiger partial charge in [-0.2, -0.15) is 13.2 Å². The lowest BCUT2D eigenvalue weighted by molar-refractivity contribution is -0.141. The minimum absolute atomic E-state index is 0.127. The third-order valence-electron chi connectivity index (χ3n) is 1.90. The van der Waals surface area contributed by atoms with Crippen LogP contribution in [0.4, 0.5) is 13.2 Å². The van der Waals surface area contributed by atoms with Crippen LogP contribution in [0.3, 0.4) is 0 Å². The van der Waals surface area contributed by atoms with E-state index in [0.717, 1.165) is 18.2 Å². The van der Waals surface area contributed by atoms with Crippen LogP contribution in [0.5, 0.6) is 0 Å². The molecular formula is C11H11F3N2O2. The van der Waals surface area contributed by atoms with E-state index in [0.29, 0.717) is 0 Å². The number of halogens is 3. The van der Waals surface area contributed by atoms with Gasteiger partial charge in [-0.25, -0.2) is 9.78 Å². The summed E-state index contributed by atoms with van der Waals surface area (Å²) in [6, 6.07) is 3.26. The molecule has 1 aromatic rings. The lowest BCUT2D eigenvalue weighted by atomic mass is 10.2. The molecule has 0 fully saturated rings. The summed E-state index contributed by atoms with van der Waals surface area (Å²) in [6.07, 6.45) is -3.66. The molecule has 0 saturated carbocycles. The Labute approximate surface area is 101 Å². The molecule has 0 aliphatic heterocycles. The molecule has 98 valence electrons. The van der Waals surface area contributed by atoms with Gasteiger partial charge in [0.1, 0.15) is 5.69 Å². The van der Waals surface area contributed by atoms with Crippen molar-refractivity contribution >= 4 is 11.7 Å². The second-order valence-corrected chi connectivity index (χ2v) is 3.26. The molecular weight excluding hydrogens is 249 g/mol. The summed E-state index contributed by atoms with van der Waals surface area (Å²) in [6.45, 7) is 1.75. The highest BCUT2D eigenvalue weighted by atomic mass is 19.4. The number of alkyl halides is 3. The normalized spacial score (nSPS) is 12.3. The van der Waals surface area contributed by atoms with Crippen molar-refractivity contribution in [2.75, 3.05) is 6.61 Å². The van der Waals surface area contributed by atoms with Crippen molar-refractivity contribution in [2.24, 2.45) is 5.73 Å². The molecule has 0 aliphatic rings. The molecule has 7 heteroatoms. The summed E-state index contributed by atoms with van der Waals surface area (Å²) in [5.41, 5.74) is 4.09. The first kappa shape index (κ1) is 14.0. The van der Waals surface area contributed by atoms with Crippen molar-refractivity contribution in [2.45, 2.75) is 13.1 Å². The number of nitrogens with two attached hydrogens (primary N) is 1. The van der Waals surface area contributed by atoms with Crippen LogP contribution in [0.1, 0.15) is 18.3 Å². The summed E-state index contributed by atoms with van der Waals surface area (Å²) in [7, 11) is 0. The summed E-state index contributed by atoms with van der Waals surface area (Å²) >= 11 is 0. The molecule has 1 rings (SSSR count).